The highest BCUT2D eigenvalue weighted by Gasteiger charge is 2.28. The minimum Gasteiger partial charge on any atom is -0.301 e. The summed E-state index contributed by atoms with van der Waals surface area (Å²) >= 11 is 0. The van der Waals surface area contributed by atoms with Gasteiger partial charge in [-0.15, -0.1) is 0 Å². The van der Waals surface area contributed by atoms with Crippen LogP contribution in [0, 0.1) is 0 Å². The molecule has 0 saturated carbocycles. The van der Waals surface area contributed by atoms with Crippen LogP contribution in [-0.4, -0.2) is 50.3 Å². The summed E-state index contributed by atoms with van der Waals surface area (Å²) in [7, 11) is -3.37. The van der Waals surface area contributed by atoms with Crippen molar-refractivity contribution in [3.05, 3.63) is 65.7 Å². The molecule has 0 spiro atoms. The fourth-order valence-corrected chi connectivity index (χ4v) is 5.03. The zero-order valence-corrected chi connectivity index (χ0v) is 17.0. The van der Waals surface area contributed by atoms with Crippen LogP contribution in [0.3, 0.4) is 0 Å². The van der Waals surface area contributed by atoms with Crippen LogP contribution in [0.5, 0.6) is 0 Å². The van der Waals surface area contributed by atoms with Crippen LogP contribution < -0.4 is 0 Å². The molecule has 0 aromatic heterocycles. The van der Waals surface area contributed by atoms with Crippen molar-refractivity contribution in [3.63, 3.8) is 0 Å². The highest BCUT2D eigenvalue weighted by atomic mass is 32.2. The smallest absolute Gasteiger partial charge is 0.243 e. The third kappa shape index (κ3) is 5.41. The molecule has 5 heteroatoms. The molecule has 1 saturated heterocycles. The van der Waals surface area contributed by atoms with E-state index in [2.05, 4.69) is 36.1 Å². The average molecular weight is 387 g/mol. The Kier molecular flexibility index (Phi) is 7.05. The second-order valence-electron chi connectivity index (χ2n) is 7.23. The molecule has 1 heterocycles. The van der Waals surface area contributed by atoms with Crippen molar-refractivity contribution in [2.45, 2.75) is 37.5 Å². The Bertz CT molecular complexity index is 796. The lowest BCUT2D eigenvalue weighted by Crippen LogP contribution is -2.48. The van der Waals surface area contributed by atoms with Gasteiger partial charge in [0, 0.05) is 26.2 Å². The first-order chi connectivity index (χ1) is 13.1. The highest BCUT2D eigenvalue weighted by molar-refractivity contribution is 7.89. The summed E-state index contributed by atoms with van der Waals surface area (Å²) in [5.41, 5.74) is 2.56. The third-order valence-electron chi connectivity index (χ3n) is 5.21. The zero-order valence-electron chi connectivity index (χ0n) is 16.2. The van der Waals surface area contributed by atoms with Gasteiger partial charge in [-0.2, -0.15) is 4.31 Å². The first-order valence-electron chi connectivity index (χ1n) is 9.95. The van der Waals surface area contributed by atoms with Crippen molar-refractivity contribution in [2.24, 2.45) is 0 Å². The summed E-state index contributed by atoms with van der Waals surface area (Å²) in [4.78, 5) is 2.79. The SMILES string of the molecule is CCCc1ccc(S(=O)(=O)N2CCN(CCCc3ccccc3)CC2)cc1. The first-order valence-corrected chi connectivity index (χ1v) is 11.4. The van der Waals surface area contributed by atoms with Crippen molar-refractivity contribution in [3.8, 4) is 0 Å². The van der Waals surface area contributed by atoms with Crippen LogP contribution in [0.15, 0.2) is 59.5 Å². The third-order valence-corrected chi connectivity index (χ3v) is 7.13. The Morgan fingerprint density at radius 1 is 0.815 bits per heavy atom. The quantitative estimate of drug-likeness (QED) is 0.696. The Labute approximate surface area is 163 Å². The van der Waals surface area contributed by atoms with Gasteiger partial charge in [0.1, 0.15) is 0 Å². The fraction of sp³-hybridized carbons (Fsp3) is 0.455. The average Bonchev–Trinajstić information content (AvgIpc) is 2.70. The summed E-state index contributed by atoms with van der Waals surface area (Å²) < 4.78 is 27.4. The van der Waals surface area contributed by atoms with E-state index in [0.717, 1.165) is 45.3 Å². The van der Waals surface area contributed by atoms with Crippen LogP contribution in [-0.2, 0) is 22.9 Å². The lowest BCUT2D eigenvalue weighted by atomic mass is 10.1. The minimum absolute atomic E-state index is 0.417. The molecule has 0 aliphatic carbocycles. The Morgan fingerprint density at radius 2 is 1.44 bits per heavy atom. The van der Waals surface area contributed by atoms with Crippen LogP contribution in [0.1, 0.15) is 30.9 Å². The van der Waals surface area contributed by atoms with Gasteiger partial charge in [0.2, 0.25) is 10.0 Å². The molecule has 4 nitrogen and oxygen atoms in total. The Balaban J connectivity index is 1.49. The van der Waals surface area contributed by atoms with E-state index < -0.39 is 10.0 Å². The largest absolute Gasteiger partial charge is 0.301 e. The molecule has 1 fully saturated rings. The highest BCUT2D eigenvalue weighted by Crippen LogP contribution is 2.19. The van der Waals surface area contributed by atoms with E-state index in [4.69, 9.17) is 0 Å². The lowest BCUT2D eigenvalue weighted by Gasteiger charge is -2.34. The van der Waals surface area contributed by atoms with E-state index >= 15 is 0 Å². The van der Waals surface area contributed by atoms with Crippen LogP contribution in [0.4, 0.5) is 0 Å². The van der Waals surface area contributed by atoms with Gasteiger partial charge in [-0.05, 0) is 49.1 Å². The van der Waals surface area contributed by atoms with E-state index in [0.29, 0.717) is 18.0 Å². The summed E-state index contributed by atoms with van der Waals surface area (Å²) in [5.74, 6) is 0. The minimum atomic E-state index is -3.37. The van der Waals surface area contributed by atoms with Crippen molar-refractivity contribution in [1.29, 1.82) is 0 Å². The standard InChI is InChI=1S/C22H30N2O2S/c1-2-7-20-11-13-22(14-12-20)27(25,26)24-18-16-23(17-19-24)15-6-10-21-8-4-3-5-9-21/h3-5,8-9,11-14H,2,6-7,10,15-19H2,1H3. The van der Waals surface area contributed by atoms with Crippen LogP contribution in [0.2, 0.25) is 0 Å². The van der Waals surface area contributed by atoms with Gasteiger partial charge in [0.25, 0.3) is 0 Å². The van der Waals surface area contributed by atoms with Gasteiger partial charge in [-0.3, -0.25) is 0 Å². The summed E-state index contributed by atoms with van der Waals surface area (Å²) in [6, 6.07) is 17.9. The van der Waals surface area contributed by atoms with Gasteiger partial charge in [0.15, 0.2) is 0 Å². The Morgan fingerprint density at radius 3 is 2.07 bits per heavy atom. The second-order valence-corrected chi connectivity index (χ2v) is 9.17. The van der Waals surface area contributed by atoms with Gasteiger partial charge < -0.3 is 4.90 Å². The summed E-state index contributed by atoms with van der Waals surface area (Å²) in [5, 5.41) is 0. The maximum atomic E-state index is 12.9. The molecule has 2 aromatic rings. The molecule has 2 aromatic carbocycles. The van der Waals surface area contributed by atoms with Crippen molar-refractivity contribution >= 4 is 10.0 Å². The van der Waals surface area contributed by atoms with E-state index in [1.807, 2.05) is 18.2 Å². The van der Waals surface area contributed by atoms with E-state index in [1.165, 1.54) is 11.1 Å². The number of hydrogen-bond donors (Lipinski definition) is 0. The molecule has 1 aliphatic heterocycles. The lowest BCUT2D eigenvalue weighted by molar-refractivity contribution is 0.187. The topological polar surface area (TPSA) is 40.6 Å². The number of sulfonamides is 1. The molecule has 3 rings (SSSR count). The Hall–Kier alpha value is -1.69. The monoisotopic (exact) mass is 386 g/mol. The molecule has 1 aliphatic rings. The maximum absolute atomic E-state index is 12.9. The normalized spacial score (nSPS) is 16.5. The molecule has 0 bridgehead atoms. The number of nitrogens with zero attached hydrogens (tertiary/aromatic N) is 2. The maximum Gasteiger partial charge on any atom is 0.243 e. The molecule has 0 radical (unpaired) electrons. The second kappa shape index (κ2) is 9.49. The van der Waals surface area contributed by atoms with Crippen LogP contribution in [0.25, 0.3) is 0 Å². The van der Waals surface area contributed by atoms with Crippen molar-refractivity contribution in [2.75, 3.05) is 32.7 Å². The van der Waals surface area contributed by atoms with E-state index in [1.54, 1.807) is 16.4 Å². The molecule has 0 amide bonds. The molecular formula is C22H30N2O2S. The predicted octanol–water partition coefficient (Wildman–Crippen LogP) is 3.58. The zero-order chi connectivity index (χ0) is 19.1. The number of benzene rings is 2. The van der Waals surface area contributed by atoms with Gasteiger partial charge in [-0.1, -0.05) is 55.8 Å². The molecular weight excluding hydrogens is 356 g/mol. The number of piperazine rings is 1. The number of aryl methyl sites for hydroxylation is 2. The van der Waals surface area contributed by atoms with Gasteiger partial charge in [0.05, 0.1) is 4.90 Å². The van der Waals surface area contributed by atoms with Crippen LogP contribution >= 0.6 is 0 Å². The predicted molar refractivity (Wildman–Crippen MR) is 110 cm³/mol. The molecule has 0 N–H and O–H groups in total. The van der Waals surface area contributed by atoms with E-state index in [-0.39, 0.29) is 0 Å². The number of hydrogen-bond acceptors (Lipinski definition) is 3. The summed E-state index contributed by atoms with van der Waals surface area (Å²) in [6.45, 7) is 5.91. The van der Waals surface area contributed by atoms with Crippen molar-refractivity contribution < 1.29 is 8.42 Å². The molecule has 0 atom stereocenters. The van der Waals surface area contributed by atoms with Gasteiger partial charge >= 0.3 is 0 Å². The fourth-order valence-electron chi connectivity index (χ4n) is 3.61. The van der Waals surface area contributed by atoms with E-state index in [9.17, 15) is 8.42 Å². The molecule has 27 heavy (non-hydrogen) atoms. The summed E-state index contributed by atoms with van der Waals surface area (Å²) in [6.07, 6.45) is 4.24. The number of rotatable bonds is 8. The molecule has 0 unspecified atom stereocenters. The van der Waals surface area contributed by atoms with Gasteiger partial charge in [-0.25, -0.2) is 8.42 Å². The first kappa shape index (κ1) is 20.1. The molecule has 146 valence electrons. The van der Waals surface area contributed by atoms with Crippen molar-refractivity contribution in [1.82, 2.24) is 9.21 Å².